The van der Waals surface area contributed by atoms with Crippen LogP contribution in [-0.2, 0) is 9.53 Å². The zero-order valence-corrected chi connectivity index (χ0v) is 18.2. The lowest BCUT2D eigenvalue weighted by Gasteiger charge is -2.18. The molecule has 7 nitrogen and oxygen atoms in total. The molecular formula is C19H19Br2N3O4. The molecule has 0 bridgehead atoms. The van der Waals surface area contributed by atoms with E-state index in [1.165, 1.54) is 6.21 Å². The molecule has 2 aromatic carbocycles. The van der Waals surface area contributed by atoms with Crippen LogP contribution >= 0.6 is 31.9 Å². The molecule has 9 heteroatoms. The van der Waals surface area contributed by atoms with E-state index in [-0.39, 0.29) is 18.8 Å². The molecule has 0 aliphatic rings. The Morgan fingerprint density at radius 3 is 2.64 bits per heavy atom. The second kappa shape index (κ2) is 10.8. The third-order valence-corrected chi connectivity index (χ3v) is 4.67. The van der Waals surface area contributed by atoms with Gasteiger partial charge in [-0.15, -0.1) is 0 Å². The minimum Gasteiger partial charge on any atom is -0.506 e. The van der Waals surface area contributed by atoms with Crippen molar-refractivity contribution in [3.8, 4) is 5.75 Å². The Bertz CT molecular complexity index is 860. The average Bonchev–Trinajstić information content (AvgIpc) is 2.66. The average molecular weight is 513 g/mol. The van der Waals surface area contributed by atoms with Crippen LogP contribution < -0.4 is 10.7 Å². The number of carbonyl (C=O) groups is 2. The van der Waals surface area contributed by atoms with E-state index in [4.69, 9.17) is 4.74 Å². The summed E-state index contributed by atoms with van der Waals surface area (Å²) >= 11 is 6.55. The molecule has 28 heavy (non-hydrogen) atoms. The number of ether oxygens (including phenoxy) is 1. The first-order valence-electron chi connectivity index (χ1n) is 8.38. The van der Waals surface area contributed by atoms with Crippen molar-refractivity contribution in [1.29, 1.82) is 0 Å². The number of phenolic OH excluding ortho intramolecular Hbond substituents is 1. The second-order valence-corrected chi connectivity index (χ2v) is 7.42. The lowest BCUT2D eigenvalue weighted by atomic mass is 10.0. The number of amides is 2. The molecule has 2 aromatic rings. The fourth-order valence-electron chi connectivity index (χ4n) is 2.34. The fourth-order valence-corrected chi connectivity index (χ4v) is 3.60. The van der Waals surface area contributed by atoms with Crippen LogP contribution in [-0.4, -0.2) is 29.9 Å². The summed E-state index contributed by atoms with van der Waals surface area (Å²) in [7, 11) is 0. The number of nitrogens with one attached hydrogen (secondary N) is 2. The van der Waals surface area contributed by atoms with Crippen LogP contribution in [0.2, 0.25) is 0 Å². The first kappa shape index (κ1) is 21.9. The minimum absolute atomic E-state index is 0.00680. The maximum absolute atomic E-state index is 12.3. The molecule has 148 valence electrons. The maximum atomic E-state index is 12.3. The topological polar surface area (TPSA) is 100 Å². The molecule has 0 saturated carbocycles. The number of aromatic hydroxyl groups is 1. The molecule has 2 rings (SSSR count). The monoisotopic (exact) mass is 511 g/mol. The molecule has 2 amide bonds. The van der Waals surface area contributed by atoms with Gasteiger partial charge in [0.05, 0.1) is 29.8 Å². The number of hydrogen-bond acceptors (Lipinski definition) is 5. The van der Waals surface area contributed by atoms with Crippen molar-refractivity contribution in [2.45, 2.75) is 19.4 Å². The number of benzene rings is 2. The predicted octanol–water partition coefficient (Wildman–Crippen LogP) is 4.24. The van der Waals surface area contributed by atoms with E-state index in [1.54, 1.807) is 19.1 Å². The Labute approximate surface area is 179 Å². The maximum Gasteiger partial charge on any atom is 0.407 e. The van der Waals surface area contributed by atoms with Crippen molar-refractivity contribution in [3.05, 3.63) is 62.5 Å². The first-order chi connectivity index (χ1) is 13.4. The van der Waals surface area contributed by atoms with E-state index in [2.05, 4.69) is 47.7 Å². The molecule has 0 saturated heterocycles. The fraction of sp³-hybridized carbons (Fsp3) is 0.211. The Morgan fingerprint density at radius 1 is 1.25 bits per heavy atom. The summed E-state index contributed by atoms with van der Waals surface area (Å²) in [5.41, 5.74) is 3.59. The van der Waals surface area contributed by atoms with E-state index < -0.39 is 18.0 Å². The largest absolute Gasteiger partial charge is 0.506 e. The van der Waals surface area contributed by atoms with E-state index in [9.17, 15) is 14.7 Å². The Hall–Kier alpha value is -2.39. The van der Waals surface area contributed by atoms with Gasteiger partial charge in [-0.1, -0.05) is 46.3 Å². The van der Waals surface area contributed by atoms with Crippen molar-refractivity contribution in [2.75, 3.05) is 6.61 Å². The Kier molecular flexibility index (Phi) is 8.46. The van der Waals surface area contributed by atoms with Crippen LogP contribution in [0.1, 0.15) is 30.5 Å². The lowest BCUT2D eigenvalue weighted by molar-refractivity contribution is -0.121. The second-order valence-electron chi connectivity index (χ2n) is 5.65. The van der Waals surface area contributed by atoms with Crippen LogP contribution in [0.5, 0.6) is 5.75 Å². The van der Waals surface area contributed by atoms with Crippen molar-refractivity contribution in [1.82, 2.24) is 10.7 Å². The predicted molar refractivity (Wildman–Crippen MR) is 113 cm³/mol. The van der Waals surface area contributed by atoms with Gasteiger partial charge in [0.25, 0.3) is 0 Å². The normalized spacial score (nSPS) is 11.8. The molecule has 0 radical (unpaired) electrons. The van der Waals surface area contributed by atoms with E-state index in [0.29, 0.717) is 10.0 Å². The lowest BCUT2D eigenvalue weighted by Crippen LogP contribution is -2.33. The van der Waals surface area contributed by atoms with Crippen molar-refractivity contribution < 1.29 is 19.4 Å². The van der Waals surface area contributed by atoms with E-state index in [1.807, 2.05) is 30.3 Å². The Morgan fingerprint density at radius 2 is 1.96 bits per heavy atom. The van der Waals surface area contributed by atoms with Crippen molar-refractivity contribution in [3.63, 3.8) is 0 Å². The summed E-state index contributed by atoms with van der Waals surface area (Å²) in [6, 6.07) is 11.9. The number of carbonyl (C=O) groups excluding carboxylic acids is 2. The van der Waals surface area contributed by atoms with Gasteiger partial charge in [0.2, 0.25) is 5.91 Å². The molecule has 0 unspecified atom stereocenters. The summed E-state index contributed by atoms with van der Waals surface area (Å²) in [6.07, 6.45) is 0.699. The van der Waals surface area contributed by atoms with Crippen LogP contribution in [0.25, 0.3) is 0 Å². The standard InChI is InChI=1S/C19H19Br2N3O4/c1-2-28-19(27)23-16(12-6-4-3-5-7-12)10-17(25)24-22-11-13-8-14(20)9-15(21)18(13)26/h3-9,11,16,26H,2,10H2,1H3,(H,23,27)(H,24,25)/b22-11-/t16-/m0/s1. The van der Waals surface area contributed by atoms with Crippen LogP contribution in [0.4, 0.5) is 4.79 Å². The number of phenols is 1. The van der Waals surface area contributed by atoms with Gasteiger partial charge in [0.1, 0.15) is 5.75 Å². The third-order valence-electron chi connectivity index (χ3n) is 3.61. The first-order valence-corrected chi connectivity index (χ1v) is 9.97. The van der Waals surface area contributed by atoms with Crippen LogP contribution in [0.15, 0.2) is 56.5 Å². The van der Waals surface area contributed by atoms with Crippen LogP contribution in [0, 0.1) is 0 Å². The number of rotatable bonds is 7. The molecule has 0 fully saturated rings. The molecular weight excluding hydrogens is 494 g/mol. The molecule has 0 aliphatic heterocycles. The van der Waals surface area contributed by atoms with E-state index in [0.717, 1.165) is 10.0 Å². The van der Waals surface area contributed by atoms with Crippen LogP contribution in [0.3, 0.4) is 0 Å². The van der Waals surface area contributed by atoms with E-state index >= 15 is 0 Å². The number of halogens is 2. The summed E-state index contributed by atoms with van der Waals surface area (Å²) < 4.78 is 6.14. The van der Waals surface area contributed by atoms with Gasteiger partial charge < -0.3 is 15.2 Å². The summed E-state index contributed by atoms with van der Waals surface area (Å²) in [4.78, 5) is 24.1. The minimum atomic E-state index is -0.600. The summed E-state index contributed by atoms with van der Waals surface area (Å²) in [5.74, 6) is -0.400. The molecule has 0 aliphatic carbocycles. The number of alkyl carbamates (subject to hydrolysis) is 1. The third kappa shape index (κ3) is 6.65. The van der Waals surface area contributed by atoms with Gasteiger partial charge in [0.15, 0.2) is 0 Å². The highest BCUT2D eigenvalue weighted by atomic mass is 79.9. The molecule has 1 atom stereocenters. The highest BCUT2D eigenvalue weighted by molar-refractivity contribution is 9.11. The highest BCUT2D eigenvalue weighted by Crippen LogP contribution is 2.30. The number of hydrogen-bond donors (Lipinski definition) is 3. The zero-order valence-electron chi connectivity index (χ0n) is 15.0. The van der Waals surface area contributed by atoms with Gasteiger partial charge in [-0.2, -0.15) is 5.10 Å². The SMILES string of the molecule is CCOC(=O)N[C@@H](CC(=O)N/N=C\c1cc(Br)cc(Br)c1O)c1ccccc1. The highest BCUT2D eigenvalue weighted by Gasteiger charge is 2.18. The zero-order chi connectivity index (χ0) is 20.5. The van der Waals surface area contributed by atoms with Gasteiger partial charge in [-0.05, 0) is 40.5 Å². The van der Waals surface area contributed by atoms with Gasteiger partial charge >= 0.3 is 6.09 Å². The number of hydrazone groups is 1. The van der Waals surface area contributed by atoms with Crippen molar-refractivity contribution in [2.24, 2.45) is 5.10 Å². The van der Waals surface area contributed by atoms with Gasteiger partial charge in [-0.25, -0.2) is 10.2 Å². The smallest absolute Gasteiger partial charge is 0.407 e. The van der Waals surface area contributed by atoms with Gasteiger partial charge in [0, 0.05) is 10.0 Å². The molecule has 0 heterocycles. The van der Waals surface area contributed by atoms with Gasteiger partial charge in [-0.3, -0.25) is 4.79 Å². The molecule has 0 spiro atoms. The molecule has 3 N–H and O–H groups in total. The number of nitrogens with zero attached hydrogens (tertiary/aromatic N) is 1. The molecule has 0 aromatic heterocycles. The summed E-state index contributed by atoms with van der Waals surface area (Å²) in [5, 5.41) is 16.5. The van der Waals surface area contributed by atoms with Crippen molar-refractivity contribution >= 4 is 50.1 Å². The Balaban J connectivity index is 2.04. The quantitative estimate of drug-likeness (QED) is 0.381. The summed E-state index contributed by atoms with van der Waals surface area (Å²) in [6.45, 7) is 1.93.